The van der Waals surface area contributed by atoms with Crippen molar-refractivity contribution < 1.29 is 14.7 Å². The van der Waals surface area contributed by atoms with Crippen molar-refractivity contribution in [3.8, 4) is 51.3 Å². The third kappa shape index (κ3) is 3.72. The molecule has 0 radical (unpaired) electrons. The first-order valence-corrected chi connectivity index (χ1v) is 13.9. The lowest BCUT2D eigenvalue weighted by Gasteiger charge is -2.05. The fourth-order valence-electron chi connectivity index (χ4n) is 5.87. The van der Waals surface area contributed by atoms with Crippen molar-refractivity contribution in [1.82, 2.24) is 39.9 Å². The van der Waals surface area contributed by atoms with E-state index in [-0.39, 0.29) is 5.75 Å². The number of nitrogens with one attached hydrogen (secondary N) is 2. The van der Waals surface area contributed by atoms with E-state index >= 15 is 0 Å². The number of hydrogen-bond donors (Lipinski definition) is 4. The first-order chi connectivity index (χ1) is 21.6. The summed E-state index contributed by atoms with van der Waals surface area (Å²) in [5.74, 6) is 2.12. The summed E-state index contributed by atoms with van der Waals surface area (Å²) in [7, 11) is -2.03. The van der Waals surface area contributed by atoms with Crippen molar-refractivity contribution in [3.63, 3.8) is 0 Å². The van der Waals surface area contributed by atoms with Gasteiger partial charge in [-0.25, -0.2) is 29.9 Å². The fraction of sp³-hybridized carbons (Fsp3) is 0. The second-order valence-corrected chi connectivity index (χ2v) is 10.4. The Morgan fingerprint density at radius 1 is 0.455 bits per heavy atom. The van der Waals surface area contributed by atoms with Crippen LogP contribution in [0.1, 0.15) is 0 Å². The van der Waals surface area contributed by atoms with Crippen LogP contribution < -0.4 is 4.65 Å². The Kier molecular flexibility index (Phi) is 5.18. The lowest BCUT2D eigenvalue weighted by Crippen LogP contribution is -2.20. The van der Waals surface area contributed by atoms with Gasteiger partial charge in [0.1, 0.15) is 28.3 Å². The molecule has 0 atom stereocenters. The van der Waals surface area contributed by atoms with Crippen LogP contribution in [0.15, 0.2) is 91.0 Å². The highest BCUT2D eigenvalue weighted by atomic mass is 16.6. The zero-order valence-electron chi connectivity index (χ0n) is 22.7. The van der Waals surface area contributed by atoms with E-state index in [1.54, 1.807) is 12.1 Å². The van der Waals surface area contributed by atoms with Gasteiger partial charge in [-0.2, -0.15) is 0 Å². The van der Waals surface area contributed by atoms with Gasteiger partial charge in [-0.3, -0.25) is 0 Å². The second-order valence-electron chi connectivity index (χ2n) is 10.4. The van der Waals surface area contributed by atoms with E-state index in [4.69, 9.17) is 34.6 Å². The molecule has 0 saturated heterocycles. The molecule has 7 aromatic rings. The maximum Gasteiger partial charge on any atom is 0.707 e. The quantitative estimate of drug-likeness (QED) is 0.203. The molecule has 4 N–H and O–H groups in total. The van der Waals surface area contributed by atoms with Crippen LogP contribution in [-0.4, -0.2) is 57.2 Å². The van der Waals surface area contributed by atoms with Gasteiger partial charge in [-0.15, -0.1) is 0 Å². The van der Waals surface area contributed by atoms with Crippen LogP contribution in [0.25, 0.3) is 89.7 Å². The van der Waals surface area contributed by atoms with Gasteiger partial charge in [0, 0.05) is 38.4 Å². The van der Waals surface area contributed by atoms with Crippen LogP contribution in [0.3, 0.4) is 0 Å². The van der Waals surface area contributed by atoms with E-state index in [1.807, 2.05) is 78.9 Å². The predicted octanol–water partition coefficient (Wildman–Crippen LogP) is 5.22. The number of hydrogen-bond acceptors (Lipinski definition) is 9. The van der Waals surface area contributed by atoms with Gasteiger partial charge in [-0.1, -0.05) is 84.9 Å². The summed E-state index contributed by atoms with van der Waals surface area (Å²) in [5.41, 5.74) is 5.37. The lowest BCUT2D eigenvalue weighted by molar-refractivity contribution is 0.289. The molecule has 0 amide bonds. The minimum atomic E-state index is -2.03. The number of aromatic nitrogens is 8. The zero-order chi connectivity index (χ0) is 29.4. The van der Waals surface area contributed by atoms with E-state index in [0.717, 1.165) is 33.0 Å². The van der Waals surface area contributed by atoms with E-state index < -0.39 is 7.32 Å². The topological polar surface area (TPSA) is 159 Å². The smallest absolute Gasteiger partial charge is 0.511 e. The van der Waals surface area contributed by atoms with E-state index in [1.165, 1.54) is 0 Å². The predicted molar refractivity (Wildman–Crippen MR) is 167 cm³/mol. The normalized spacial score (nSPS) is 11.9. The van der Waals surface area contributed by atoms with Gasteiger partial charge < -0.3 is 24.7 Å². The molecule has 208 valence electrons. The molecule has 0 aliphatic carbocycles. The molecule has 0 saturated carbocycles. The first-order valence-electron chi connectivity index (χ1n) is 13.9. The third-order valence-corrected chi connectivity index (χ3v) is 7.77. The second kappa shape index (κ2) is 9.26. The number of nitrogens with zero attached hydrogens (tertiary/aromatic N) is 6. The summed E-state index contributed by atoms with van der Waals surface area (Å²) in [6.07, 6.45) is 0. The molecule has 44 heavy (non-hydrogen) atoms. The van der Waals surface area contributed by atoms with Crippen molar-refractivity contribution in [2.75, 3.05) is 0 Å². The molecule has 3 aromatic heterocycles. The van der Waals surface area contributed by atoms with Gasteiger partial charge in [0.25, 0.3) is 0 Å². The molecule has 2 aliphatic heterocycles. The Morgan fingerprint density at radius 2 is 0.864 bits per heavy atom. The Bertz CT molecular complexity index is 2480. The summed E-state index contributed by atoms with van der Waals surface area (Å²) >= 11 is 0. The number of fused-ring (bicyclic) bond motifs is 20. The summed E-state index contributed by atoms with van der Waals surface area (Å²) in [5, 5.41) is 22.3. The molecular weight excluding hydrogens is 555 g/mol. The van der Waals surface area contributed by atoms with Crippen molar-refractivity contribution in [1.29, 1.82) is 0 Å². The minimum Gasteiger partial charge on any atom is -0.511 e. The number of rotatable bonds is 2. The molecule has 4 aromatic carbocycles. The summed E-state index contributed by atoms with van der Waals surface area (Å²) < 4.78 is 5.37. The van der Waals surface area contributed by atoms with Gasteiger partial charge in [0.15, 0.2) is 23.3 Å². The van der Waals surface area contributed by atoms with Crippen LogP contribution in [0.2, 0.25) is 0 Å². The maximum atomic E-state index is 9.68. The fourth-order valence-corrected chi connectivity index (χ4v) is 5.87. The average Bonchev–Trinajstić information content (AvgIpc) is 3.77. The zero-order valence-corrected chi connectivity index (χ0v) is 22.7. The molecule has 8 bridgehead atoms. The van der Waals surface area contributed by atoms with Gasteiger partial charge in [-0.05, 0) is 6.07 Å². The first kappa shape index (κ1) is 24.6. The van der Waals surface area contributed by atoms with Crippen molar-refractivity contribution >= 4 is 51.5 Å². The van der Waals surface area contributed by atoms with Crippen molar-refractivity contribution in [2.24, 2.45) is 0 Å². The Hall–Kier alpha value is -5.98. The molecule has 11 nitrogen and oxygen atoms in total. The van der Waals surface area contributed by atoms with Gasteiger partial charge in [0.05, 0.1) is 5.39 Å². The Morgan fingerprint density at radius 3 is 1.36 bits per heavy atom. The maximum absolute atomic E-state index is 9.68. The molecular formula is C32H19BN8O3. The molecule has 0 unspecified atom stereocenters. The third-order valence-electron chi connectivity index (χ3n) is 7.77. The van der Waals surface area contributed by atoms with Gasteiger partial charge >= 0.3 is 7.32 Å². The van der Waals surface area contributed by atoms with Crippen LogP contribution >= 0.6 is 0 Å². The van der Waals surface area contributed by atoms with Crippen LogP contribution in [0, 0.1) is 0 Å². The number of benzene rings is 4. The largest absolute Gasteiger partial charge is 0.707 e. The molecule has 5 heterocycles. The summed E-state index contributed by atoms with van der Waals surface area (Å²) in [6.45, 7) is 0. The highest BCUT2D eigenvalue weighted by molar-refractivity contribution is 6.34. The minimum absolute atomic E-state index is 0.216. The Labute approximate surface area is 248 Å². The molecule has 12 heteroatoms. The van der Waals surface area contributed by atoms with Crippen LogP contribution in [0.4, 0.5) is 0 Å². The highest BCUT2D eigenvalue weighted by Crippen LogP contribution is 2.38. The lowest BCUT2D eigenvalue weighted by atomic mass is 10.1. The molecule has 9 rings (SSSR count). The van der Waals surface area contributed by atoms with E-state index in [9.17, 15) is 10.0 Å². The summed E-state index contributed by atoms with van der Waals surface area (Å²) in [6, 6.07) is 28.7. The number of H-pyrrole nitrogens is 2. The SMILES string of the molecule is OB(O)Oc1cccc2c3nc4nc(nc5[nH]c(nc6nc(nc([nH]3)c12)-c1ccccc1-6)c1ccccc51)-c1ccccc1-4. The average molecular weight is 574 g/mol. The van der Waals surface area contributed by atoms with Crippen LogP contribution in [-0.2, 0) is 0 Å². The summed E-state index contributed by atoms with van der Waals surface area (Å²) in [4.78, 5) is 36.3. The van der Waals surface area contributed by atoms with Gasteiger partial charge in [0.2, 0.25) is 0 Å². The molecule has 0 fully saturated rings. The number of aromatic amines is 2. The molecule has 0 spiro atoms. The van der Waals surface area contributed by atoms with E-state index in [0.29, 0.717) is 56.7 Å². The highest BCUT2D eigenvalue weighted by Gasteiger charge is 2.23. The monoisotopic (exact) mass is 574 g/mol. The van der Waals surface area contributed by atoms with E-state index in [2.05, 4.69) is 9.97 Å². The molecule has 2 aliphatic rings. The van der Waals surface area contributed by atoms with Crippen molar-refractivity contribution in [3.05, 3.63) is 91.0 Å². The van der Waals surface area contributed by atoms with Crippen molar-refractivity contribution in [2.45, 2.75) is 0 Å². The van der Waals surface area contributed by atoms with Crippen LogP contribution in [0.5, 0.6) is 5.75 Å². The standard InChI is InChI=1S/C32H19BN8O3/c42-33(43)44-23-15-7-14-22-24(23)32-40-30-21-13-6-5-12-20(21)28(38-30)36-26-17-9-2-1-8-16(17)25(34-26)35-27-18-10-3-4-11-19(18)29(37-27)39-31(22)41-32/h1-15,42-43H,(H2,34,35,36,37,38,39,40,41). The Balaban J connectivity index is 1.50.